The van der Waals surface area contributed by atoms with E-state index >= 15 is 0 Å². The topological polar surface area (TPSA) is 38.8 Å². The molecule has 20 heavy (non-hydrogen) atoms. The number of nitrogens with zero attached hydrogens (tertiary/aromatic N) is 1. The van der Waals surface area contributed by atoms with E-state index < -0.39 is 14.2 Å². The van der Waals surface area contributed by atoms with Crippen LogP contribution < -0.4 is 0 Å². The van der Waals surface area contributed by atoms with Crippen LogP contribution in [0.3, 0.4) is 0 Å². The van der Waals surface area contributed by atoms with Gasteiger partial charge < -0.3 is 14.4 Å². The lowest BCUT2D eigenvalue weighted by molar-refractivity contribution is -0.157. The van der Waals surface area contributed by atoms with E-state index in [-0.39, 0.29) is 5.91 Å². The lowest BCUT2D eigenvalue weighted by Gasteiger charge is -2.30. The number of carbonyl (C=O) groups is 1. The number of hydrogen-bond acceptors (Lipinski definition) is 3. The molecule has 2 aliphatic rings. The normalized spacial score (nSPS) is 23.6. The fourth-order valence-electron chi connectivity index (χ4n) is 2.08. The van der Waals surface area contributed by atoms with Gasteiger partial charge >= 0.3 is 0 Å². The summed E-state index contributed by atoms with van der Waals surface area (Å²) >= 11 is 0. The van der Waals surface area contributed by atoms with Crippen molar-refractivity contribution in [1.29, 1.82) is 0 Å². The maximum atomic E-state index is 12.2. The Hall–Kier alpha value is -1.09. The molecule has 0 spiro atoms. The average Bonchev–Trinajstić information content (AvgIpc) is 2.45. The minimum atomic E-state index is -1.33. The molecule has 0 bridgehead atoms. The van der Waals surface area contributed by atoms with Gasteiger partial charge in [0.2, 0.25) is 0 Å². The highest BCUT2D eigenvalue weighted by Crippen LogP contribution is 2.13. The monoisotopic (exact) mass is 293 g/mol. The first-order chi connectivity index (χ1) is 9.46. The van der Waals surface area contributed by atoms with Crippen molar-refractivity contribution < 1.29 is 14.3 Å². The largest absolute Gasteiger partial charge is 0.376 e. The van der Waals surface area contributed by atoms with Crippen molar-refractivity contribution in [3.8, 4) is 11.5 Å². The number of hydrogen-bond donors (Lipinski definition) is 0. The molecule has 2 aliphatic heterocycles. The Bertz CT molecular complexity index is 450. The van der Waals surface area contributed by atoms with E-state index in [9.17, 15) is 4.79 Å². The fourth-order valence-corrected chi connectivity index (χ4v) is 2.62. The number of amides is 1. The van der Waals surface area contributed by atoms with Crippen molar-refractivity contribution in [2.45, 2.75) is 32.2 Å². The van der Waals surface area contributed by atoms with Crippen molar-refractivity contribution in [2.75, 3.05) is 32.9 Å². The molecule has 0 aromatic carbocycles. The molecule has 1 fully saturated rings. The summed E-state index contributed by atoms with van der Waals surface area (Å²) in [4.78, 5) is 14.1. The smallest absolute Gasteiger partial charge is 0.254 e. The maximum absolute atomic E-state index is 12.2. The molecule has 0 radical (unpaired) electrons. The summed E-state index contributed by atoms with van der Waals surface area (Å²) in [6, 6.07) is 0. The summed E-state index contributed by atoms with van der Waals surface area (Å²) in [5, 5.41) is 0. The minimum absolute atomic E-state index is 0.0400. The van der Waals surface area contributed by atoms with Crippen molar-refractivity contribution in [3.63, 3.8) is 0 Å². The van der Waals surface area contributed by atoms with Gasteiger partial charge in [0, 0.05) is 18.7 Å². The first-order valence-corrected chi connectivity index (χ1v) is 10.7. The third-order valence-electron chi connectivity index (χ3n) is 3.21. The van der Waals surface area contributed by atoms with E-state index in [1.54, 1.807) is 0 Å². The molecule has 2 heterocycles. The summed E-state index contributed by atoms with van der Waals surface area (Å²) in [7, 11) is -1.33. The molecule has 1 unspecified atom stereocenters. The molecule has 0 N–H and O–H groups in total. The van der Waals surface area contributed by atoms with Crippen LogP contribution in [0.4, 0.5) is 0 Å². The summed E-state index contributed by atoms with van der Waals surface area (Å²) in [6.45, 7) is 9.53. The van der Waals surface area contributed by atoms with Crippen LogP contribution in [0.1, 0.15) is 6.42 Å². The molecular weight excluding hydrogens is 270 g/mol. The van der Waals surface area contributed by atoms with E-state index in [2.05, 4.69) is 37.2 Å². The molecule has 0 aromatic heterocycles. The van der Waals surface area contributed by atoms with Crippen LogP contribution in [-0.2, 0) is 14.3 Å². The third kappa shape index (κ3) is 4.48. The average molecular weight is 293 g/mol. The van der Waals surface area contributed by atoms with Crippen molar-refractivity contribution in [2.24, 2.45) is 0 Å². The van der Waals surface area contributed by atoms with Crippen LogP contribution in [-0.4, -0.2) is 57.9 Å². The number of ether oxygens (including phenoxy) is 2. The molecule has 0 aliphatic carbocycles. The second-order valence-corrected chi connectivity index (χ2v) is 10.9. The molecule has 1 atom stereocenters. The lowest BCUT2D eigenvalue weighted by Crippen LogP contribution is -2.46. The summed E-state index contributed by atoms with van der Waals surface area (Å²) in [5.74, 6) is 3.32. The van der Waals surface area contributed by atoms with Gasteiger partial charge in [-0.2, -0.15) is 0 Å². The quantitative estimate of drug-likeness (QED) is 0.542. The Morgan fingerprint density at radius 3 is 2.75 bits per heavy atom. The van der Waals surface area contributed by atoms with Crippen LogP contribution in [0.25, 0.3) is 0 Å². The van der Waals surface area contributed by atoms with Gasteiger partial charge in [-0.3, -0.25) is 4.79 Å². The molecule has 5 heteroatoms. The molecule has 0 aromatic rings. The van der Waals surface area contributed by atoms with Gasteiger partial charge in [-0.1, -0.05) is 31.6 Å². The molecule has 2 rings (SSSR count). The van der Waals surface area contributed by atoms with E-state index in [0.717, 1.165) is 18.5 Å². The summed E-state index contributed by atoms with van der Waals surface area (Å²) in [5.41, 5.74) is 4.54. The fraction of sp³-hybridized carbons (Fsp3) is 0.667. The standard InChI is InChI=1S/C15H23NO3Si/c1-20(2,3)11-6-13-4-7-16(8-5-13)15(17)14-12-18-9-10-19-14/h4,14H,5,7-10,12H2,1-3H3. The zero-order valence-corrected chi connectivity index (χ0v) is 13.6. The number of rotatable bonds is 1. The first-order valence-electron chi connectivity index (χ1n) is 7.16. The second kappa shape index (κ2) is 6.57. The van der Waals surface area contributed by atoms with Crippen LogP contribution in [0.15, 0.2) is 11.6 Å². The molecule has 0 saturated carbocycles. The van der Waals surface area contributed by atoms with Crippen LogP contribution >= 0.6 is 0 Å². The van der Waals surface area contributed by atoms with Gasteiger partial charge in [-0.05, 0) is 6.42 Å². The Kier molecular flexibility index (Phi) is 5.03. The molecule has 4 nitrogen and oxygen atoms in total. The van der Waals surface area contributed by atoms with Gasteiger partial charge in [-0.25, -0.2) is 0 Å². The van der Waals surface area contributed by atoms with Crippen LogP contribution in [0.2, 0.25) is 19.6 Å². The van der Waals surface area contributed by atoms with Crippen LogP contribution in [0, 0.1) is 11.5 Å². The first kappa shape index (κ1) is 15.3. The van der Waals surface area contributed by atoms with Gasteiger partial charge in [0.25, 0.3) is 5.91 Å². The van der Waals surface area contributed by atoms with E-state index in [4.69, 9.17) is 9.47 Å². The maximum Gasteiger partial charge on any atom is 0.254 e. The second-order valence-electron chi connectivity index (χ2n) is 6.20. The van der Waals surface area contributed by atoms with Crippen LogP contribution in [0.5, 0.6) is 0 Å². The molecule has 110 valence electrons. The van der Waals surface area contributed by atoms with Crippen molar-refractivity contribution in [1.82, 2.24) is 4.90 Å². The number of carbonyl (C=O) groups excluding carboxylic acids is 1. The van der Waals surface area contributed by atoms with Crippen molar-refractivity contribution >= 4 is 14.0 Å². The minimum Gasteiger partial charge on any atom is -0.376 e. The Balaban J connectivity index is 1.90. The Morgan fingerprint density at radius 1 is 1.40 bits per heavy atom. The SMILES string of the molecule is C[Si](C)(C)C#CC1=CCN(C(=O)C2COCCO2)CC1. The van der Waals surface area contributed by atoms with Gasteiger partial charge in [0.15, 0.2) is 6.10 Å². The molecule has 1 amide bonds. The van der Waals surface area contributed by atoms with E-state index in [1.807, 2.05) is 4.90 Å². The highest BCUT2D eigenvalue weighted by molar-refractivity contribution is 6.83. The predicted molar refractivity (Wildman–Crippen MR) is 81.0 cm³/mol. The Labute approximate surface area is 122 Å². The lowest BCUT2D eigenvalue weighted by atomic mass is 10.1. The third-order valence-corrected chi connectivity index (χ3v) is 4.09. The van der Waals surface area contributed by atoms with Crippen molar-refractivity contribution in [3.05, 3.63) is 11.6 Å². The van der Waals surface area contributed by atoms with Gasteiger partial charge in [0.05, 0.1) is 19.8 Å². The van der Waals surface area contributed by atoms with E-state index in [1.165, 1.54) is 0 Å². The summed E-state index contributed by atoms with van der Waals surface area (Å²) < 4.78 is 10.7. The summed E-state index contributed by atoms with van der Waals surface area (Å²) in [6.07, 6.45) is 2.49. The predicted octanol–water partition coefficient (Wildman–Crippen LogP) is 1.44. The highest BCUT2D eigenvalue weighted by Gasteiger charge is 2.28. The van der Waals surface area contributed by atoms with Gasteiger partial charge in [-0.15, -0.1) is 5.54 Å². The van der Waals surface area contributed by atoms with E-state index in [0.29, 0.717) is 26.4 Å². The zero-order chi connectivity index (χ0) is 14.6. The zero-order valence-electron chi connectivity index (χ0n) is 12.6. The van der Waals surface area contributed by atoms with Gasteiger partial charge in [0.1, 0.15) is 8.07 Å². The highest BCUT2D eigenvalue weighted by atomic mass is 28.3. The molecule has 1 saturated heterocycles. The molecular formula is C15H23NO3Si. The Morgan fingerprint density at radius 2 is 2.20 bits per heavy atom.